The van der Waals surface area contributed by atoms with Crippen LogP contribution in [0.3, 0.4) is 0 Å². The minimum Gasteiger partial charge on any atom is -0.315 e. The Labute approximate surface area is 98.0 Å². The van der Waals surface area contributed by atoms with Gasteiger partial charge in [0.15, 0.2) is 11.6 Å². The molecular formula is C12H13F2NO2. The fourth-order valence-corrected chi connectivity index (χ4v) is 1.29. The van der Waals surface area contributed by atoms with Crippen molar-refractivity contribution in [2.45, 2.75) is 19.8 Å². The SMILES string of the molecule is CC(=O)CCC(=O)N(C)c1ccc(F)c(F)c1. The average Bonchev–Trinajstić information content (AvgIpc) is 2.28. The van der Waals surface area contributed by atoms with Crippen LogP contribution in [0.2, 0.25) is 0 Å². The van der Waals surface area contributed by atoms with Gasteiger partial charge in [0, 0.05) is 31.6 Å². The molecule has 0 aliphatic carbocycles. The Balaban J connectivity index is 2.74. The first-order valence-electron chi connectivity index (χ1n) is 5.13. The molecule has 0 bridgehead atoms. The highest BCUT2D eigenvalue weighted by molar-refractivity contribution is 5.94. The molecule has 0 heterocycles. The molecule has 0 unspecified atom stereocenters. The van der Waals surface area contributed by atoms with Crippen molar-refractivity contribution in [2.75, 3.05) is 11.9 Å². The van der Waals surface area contributed by atoms with Crippen LogP contribution in [0.5, 0.6) is 0 Å². The third-order valence-corrected chi connectivity index (χ3v) is 2.36. The Hall–Kier alpha value is -1.78. The molecule has 1 aromatic rings. The summed E-state index contributed by atoms with van der Waals surface area (Å²) in [5, 5.41) is 0. The number of anilines is 1. The van der Waals surface area contributed by atoms with Gasteiger partial charge in [-0.15, -0.1) is 0 Å². The molecule has 0 fully saturated rings. The highest BCUT2D eigenvalue weighted by Gasteiger charge is 2.13. The number of rotatable bonds is 4. The van der Waals surface area contributed by atoms with Gasteiger partial charge in [-0.2, -0.15) is 0 Å². The molecule has 0 saturated heterocycles. The summed E-state index contributed by atoms with van der Waals surface area (Å²) < 4.78 is 25.6. The van der Waals surface area contributed by atoms with Gasteiger partial charge in [0.25, 0.3) is 0 Å². The number of benzene rings is 1. The van der Waals surface area contributed by atoms with E-state index in [9.17, 15) is 18.4 Å². The largest absolute Gasteiger partial charge is 0.315 e. The molecule has 0 saturated carbocycles. The van der Waals surface area contributed by atoms with E-state index in [-0.39, 0.29) is 30.2 Å². The average molecular weight is 241 g/mol. The molecular weight excluding hydrogens is 228 g/mol. The van der Waals surface area contributed by atoms with E-state index in [4.69, 9.17) is 0 Å². The lowest BCUT2D eigenvalue weighted by Gasteiger charge is -2.17. The van der Waals surface area contributed by atoms with E-state index in [1.165, 1.54) is 24.9 Å². The predicted molar refractivity (Wildman–Crippen MR) is 59.7 cm³/mol. The van der Waals surface area contributed by atoms with Crippen molar-refractivity contribution in [3.8, 4) is 0 Å². The number of halogens is 2. The first-order chi connectivity index (χ1) is 7.91. The minimum atomic E-state index is -1.01. The molecule has 0 aromatic heterocycles. The van der Waals surface area contributed by atoms with Crippen molar-refractivity contribution in [3.05, 3.63) is 29.8 Å². The molecule has 1 rings (SSSR count). The van der Waals surface area contributed by atoms with Crippen molar-refractivity contribution >= 4 is 17.4 Å². The third kappa shape index (κ3) is 3.62. The van der Waals surface area contributed by atoms with Crippen LogP contribution in [0.25, 0.3) is 0 Å². The summed E-state index contributed by atoms with van der Waals surface area (Å²) in [7, 11) is 1.45. The lowest BCUT2D eigenvalue weighted by Crippen LogP contribution is -2.26. The maximum atomic E-state index is 12.9. The van der Waals surface area contributed by atoms with E-state index in [0.29, 0.717) is 0 Å². The maximum absolute atomic E-state index is 12.9. The fraction of sp³-hybridized carbons (Fsp3) is 0.333. The summed E-state index contributed by atoms with van der Waals surface area (Å²) >= 11 is 0. The van der Waals surface area contributed by atoms with E-state index < -0.39 is 11.6 Å². The number of amides is 1. The van der Waals surface area contributed by atoms with Crippen LogP contribution in [0.1, 0.15) is 19.8 Å². The van der Waals surface area contributed by atoms with E-state index in [1.807, 2.05) is 0 Å². The lowest BCUT2D eigenvalue weighted by atomic mass is 10.2. The second kappa shape index (κ2) is 5.52. The number of hydrogen-bond acceptors (Lipinski definition) is 2. The molecule has 1 amide bonds. The molecule has 1 aromatic carbocycles. The van der Waals surface area contributed by atoms with Crippen molar-refractivity contribution in [3.63, 3.8) is 0 Å². The first kappa shape index (κ1) is 13.3. The van der Waals surface area contributed by atoms with Gasteiger partial charge in [0.05, 0.1) is 0 Å². The van der Waals surface area contributed by atoms with Crippen molar-refractivity contribution in [1.82, 2.24) is 0 Å². The lowest BCUT2D eigenvalue weighted by molar-refractivity contribution is -0.122. The molecule has 0 atom stereocenters. The monoisotopic (exact) mass is 241 g/mol. The van der Waals surface area contributed by atoms with Gasteiger partial charge >= 0.3 is 0 Å². The predicted octanol–water partition coefficient (Wildman–Crippen LogP) is 2.30. The second-order valence-electron chi connectivity index (χ2n) is 3.75. The Morgan fingerprint density at radius 3 is 2.35 bits per heavy atom. The highest BCUT2D eigenvalue weighted by atomic mass is 19.2. The van der Waals surface area contributed by atoms with Gasteiger partial charge in [-0.1, -0.05) is 0 Å². The number of nitrogens with zero attached hydrogens (tertiary/aromatic N) is 1. The van der Waals surface area contributed by atoms with Crippen molar-refractivity contribution in [1.29, 1.82) is 0 Å². The number of carbonyl (C=O) groups excluding carboxylic acids is 2. The zero-order valence-electron chi connectivity index (χ0n) is 9.67. The molecule has 5 heteroatoms. The molecule has 0 aliphatic heterocycles. The molecule has 0 aliphatic rings. The van der Waals surface area contributed by atoms with Crippen LogP contribution in [-0.2, 0) is 9.59 Å². The summed E-state index contributed by atoms with van der Waals surface area (Å²) in [6.45, 7) is 1.39. The normalized spacial score (nSPS) is 10.1. The minimum absolute atomic E-state index is 0.0603. The number of Topliss-reactive ketones (excluding diaryl/α,β-unsaturated/α-hetero) is 1. The van der Waals surface area contributed by atoms with Crippen LogP contribution >= 0.6 is 0 Å². The highest BCUT2D eigenvalue weighted by Crippen LogP contribution is 2.17. The smallest absolute Gasteiger partial charge is 0.227 e. The van der Waals surface area contributed by atoms with Crippen molar-refractivity contribution < 1.29 is 18.4 Å². The summed E-state index contributed by atoms with van der Waals surface area (Å²) in [6, 6.07) is 3.21. The van der Waals surface area contributed by atoms with E-state index in [0.717, 1.165) is 12.1 Å². The van der Waals surface area contributed by atoms with Crippen LogP contribution in [0.15, 0.2) is 18.2 Å². The van der Waals surface area contributed by atoms with Gasteiger partial charge in [-0.25, -0.2) is 8.78 Å². The van der Waals surface area contributed by atoms with Crippen LogP contribution in [0.4, 0.5) is 14.5 Å². The summed E-state index contributed by atoms with van der Waals surface area (Å²) in [4.78, 5) is 23.5. The van der Waals surface area contributed by atoms with Crippen molar-refractivity contribution in [2.24, 2.45) is 0 Å². The van der Waals surface area contributed by atoms with Gasteiger partial charge in [0.1, 0.15) is 5.78 Å². The Morgan fingerprint density at radius 1 is 1.18 bits per heavy atom. The first-order valence-corrected chi connectivity index (χ1v) is 5.13. The van der Waals surface area contributed by atoms with Gasteiger partial charge < -0.3 is 9.69 Å². The fourth-order valence-electron chi connectivity index (χ4n) is 1.29. The van der Waals surface area contributed by atoms with E-state index in [2.05, 4.69) is 0 Å². The molecule has 92 valence electrons. The second-order valence-corrected chi connectivity index (χ2v) is 3.75. The topological polar surface area (TPSA) is 37.4 Å². The Bertz CT molecular complexity index is 446. The standard InChI is InChI=1S/C12H13F2NO2/c1-8(16)3-6-12(17)15(2)9-4-5-10(13)11(14)7-9/h4-5,7H,3,6H2,1-2H3. The molecule has 0 radical (unpaired) electrons. The molecule has 3 nitrogen and oxygen atoms in total. The zero-order chi connectivity index (χ0) is 13.0. The zero-order valence-corrected chi connectivity index (χ0v) is 9.67. The molecule has 0 spiro atoms. The Morgan fingerprint density at radius 2 is 1.82 bits per heavy atom. The summed E-state index contributed by atoms with van der Waals surface area (Å²) in [5.74, 6) is -2.37. The van der Waals surface area contributed by atoms with E-state index in [1.54, 1.807) is 0 Å². The van der Waals surface area contributed by atoms with Crippen LogP contribution in [0, 0.1) is 11.6 Å². The van der Waals surface area contributed by atoms with Crippen LogP contribution in [-0.4, -0.2) is 18.7 Å². The Kier molecular flexibility index (Phi) is 4.31. The van der Waals surface area contributed by atoms with Crippen LogP contribution < -0.4 is 4.90 Å². The number of carbonyl (C=O) groups is 2. The van der Waals surface area contributed by atoms with Gasteiger partial charge in [-0.3, -0.25) is 4.79 Å². The maximum Gasteiger partial charge on any atom is 0.227 e. The van der Waals surface area contributed by atoms with Gasteiger partial charge in [0.2, 0.25) is 5.91 Å². The number of ketones is 1. The third-order valence-electron chi connectivity index (χ3n) is 2.36. The molecule has 17 heavy (non-hydrogen) atoms. The molecule has 0 N–H and O–H groups in total. The summed E-state index contributed by atoms with van der Waals surface area (Å²) in [5.41, 5.74) is 0.262. The quantitative estimate of drug-likeness (QED) is 0.811. The summed E-state index contributed by atoms with van der Waals surface area (Å²) in [6.07, 6.45) is 0.206. The number of hydrogen-bond donors (Lipinski definition) is 0. The van der Waals surface area contributed by atoms with E-state index >= 15 is 0 Å². The van der Waals surface area contributed by atoms with Gasteiger partial charge in [-0.05, 0) is 19.1 Å².